The van der Waals surface area contributed by atoms with Gasteiger partial charge < -0.3 is 19.5 Å². The Kier molecular flexibility index (Phi) is 5.01. The molecule has 1 aliphatic heterocycles. The second kappa shape index (κ2) is 6.75. The highest BCUT2D eigenvalue weighted by Gasteiger charge is 2.21. The zero-order chi connectivity index (χ0) is 12.8. The van der Waals surface area contributed by atoms with E-state index in [2.05, 4.69) is 26.0 Å². The van der Waals surface area contributed by atoms with Gasteiger partial charge in [0.15, 0.2) is 0 Å². The first kappa shape index (κ1) is 13.4. The first-order valence-electron chi connectivity index (χ1n) is 6.77. The molecule has 1 fully saturated rings. The minimum absolute atomic E-state index is 0.586. The molecule has 1 N–H and O–H groups in total. The molecule has 1 aromatic heterocycles. The van der Waals surface area contributed by atoms with E-state index in [0.717, 1.165) is 38.6 Å². The Morgan fingerprint density at radius 3 is 3.22 bits per heavy atom. The second-order valence-corrected chi connectivity index (χ2v) is 4.84. The normalized spacial score (nSPS) is 20.3. The van der Waals surface area contributed by atoms with Crippen LogP contribution in [0.15, 0.2) is 12.4 Å². The molecule has 1 aromatic rings. The van der Waals surface area contributed by atoms with Crippen molar-refractivity contribution in [3.63, 3.8) is 0 Å². The standard InChI is InChI=1S/C13H24N4O/c1-14-12-5-3-7-17(11-12)13-15-6-9-16(13)8-4-10-18-2/h6,9,12,14H,3-5,7-8,10-11H2,1-2H3. The maximum absolute atomic E-state index is 5.10. The van der Waals surface area contributed by atoms with E-state index >= 15 is 0 Å². The molecule has 0 spiro atoms. The Bertz CT molecular complexity index is 353. The van der Waals surface area contributed by atoms with Gasteiger partial charge in [-0.1, -0.05) is 0 Å². The summed E-state index contributed by atoms with van der Waals surface area (Å²) in [5, 5.41) is 3.37. The number of rotatable bonds is 6. The average molecular weight is 252 g/mol. The molecule has 1 aliphatic rings. The lowest BCUT2D eigenvalue weighted by atomic mass is 10.1. The molecule has 1 saturated heterocycles. The van der Waals surface area contributed by atoms with Crippen LogP contribution in [0.1, 0.15) is 19.3 Å². The number of aryl methyl sites for hydroxylation is 1. The first-order valence-corrected chi connectivity index (χ1v) is 6.77. The number of hydrogen-bond donors (Lipinski definition) is 1. The fraction of sp³-hybridized carbons (Fsp3) is 0.769. The lowest BCUT2D eigenvalue weighted by Gasteiger charge is -2.33. The van der Waals surface area contributed by atoms with Crippen molar-refractivity contribution in [2.75, 3.05) is 38.8 Å². The summed E-state index contributed by atoms with van der Waals surface area (Å²) in [6.07, 6.45) is 7.48. The summed E-state index contributed by atoms with van der Waals surface area (Å²) in [6, 6.07) is 0.586. The molecule has 2 heterocycles. The van der Waals surface area contributed by atoms with Crippen LogP contribution < -0.4 is 10.2 Å². The van der Waals surface area contributed by atoms with Crippen molar-refractivity contribution in [3.05, 3.63) is 12.4 Å². The van der Waals surface area contributed by atoms with Crippen molar-refractivity contribution in [1.82, 2.24) is 14.9 Å². The maximum Gasteiger partial charge on any atom is 0.205 e. The predicted octanol–water partition coefficient (Wildman–Crippen LogP) is 1.11. The van der Waals surface area contributed by atoms with Gasteiger partial charge in [-0.3, -0.25) is 0 Å². The third-order valence-corrected chi connectivity index (χ3v) is 3.55. The Morgan fingerprint density at radius 2 is 2.44 bits per heavy atom. The van der Waals surface area contributed by atoms with Crippen LogP contribution in [-0.4, -0.2) is 49.4 Å². The summed E-state index contributed by atoms with van der Waals surface area (Å²) in [4.78, 5) is 6.89. The van der Waals surface area contributed by atoms with Crippen LogP contribution in [0.5, 0.6) is 0 Å². The molecule has 5 heteroatoms. The highest BCUT2D eigenvalue weighted by Crippen LogP contribution is 2.18. The number of ether oxygens (including phenoxy) is 1. The molecular weight excluding hydrogens is 228 g/mol. The van der Waals surface area contributed by atoms with Gasteiger partial charge in [-0.25, -0.2) is 4.98 Å². The third-order valence-electron chi connectivity index (χ3n) is 3.55. The number of aromatic nitrogens is 2. The van der Waals surface area contributed by atoms with E-state index in [1.54, 1.807) is 7.11 Å². The van der Waals surface area contributed by atoms with Crippen molar-refractivity contribution < 1.29 is 4.74 Å². The zero-order valence-corrected chi connectivity index (χ0v) is 11.4. The van der Waals surface area contributed by atoms with Crippen LogP contribution in [0.4, 0.5) is 5.95 Å². The fourth-order valence-electron chi connectivity index (χ4n) is 2.53. The van der Waals surface area contributed by atoms with Gasteiger partial charge in [0.1, 0.15) is 0 Å². The summed E-state index contributed by atoms with van der Waals surface area (Å²) in [6.45, 7) is 3.94. The van der Waals surface area contributed by atoms with Gasteiger partial charge in [0.2, 0.25) is 5.95 Å². The molecule has 2 rings (SSSR count). The van der Waals surface area contributed by atoms with E-state index < -0.39 is 0 Å². The molecule has 0 aromatic carbocycles. The van der Waals surface area contributed by atoms with Crippen LogP contribution in [0.2, 0.25) is 0 Å². The number of imidazole rings is 1. The minimum atomic E-state index is 0.586. The monoisotopic (exact) mass is 252 g/mol. The molecule has 0 radical (unpaired) electrons. The van der Waals surface area contributed by atoms with Crippen molar-refractivity contribution in [2.45, 2.75) is 31.8 Å². The Balaban J connectivity index is 1.97. The highest BCUT2D eigenvalue weighted by atomic mass is 16.5. The van der Waals surface area contributed by atoms with Crippen LogP contribution in [0.25, 0.3) is 0 Å². The van der Waals surface area contributed by atoms with Gasteiger partial charge in [0.25, 0.3) is 0 Å². The molecule has 102 valence electrons. The minimum Gasteiger partial charge on any atom is -0.385 e. The van der Waals surface area contributed by atoms with E-state index in [1.165, 1.54) is 12.8 Å². The quantitative estimate of drug-likeness (QED) is 0.770. The van der Waals surface area contributed by atoms with E-state index in [9.17, 15) is 0 Å². The number of piperidine rings is 1. The largest absolute Gasteiger partial charge is 0.385 e. The predicted molar refractivity (Wildman–Crippen MR) is 73.0 cm³/mol. The molecule has 0 amide bonds. The summed E-state index contributed by atoms with van der Waals surface area (Å²) in [7, 11) is 3.79. The van der Waals surface area contributed by atoms with E-state index in [-0.39, 0.29) is 0 Å². The molecule has 0 saturated carbocycles. The molecule has 0 bridgehead atoms. The number of anilines is 1. The lowest BCUT2D eigenvalue weighted by molar-refractivity contribution is 0.190. The highest BCUT2D eigenvalue weighted by molar-refractivity contribution is 5.32. The topological polar surface area (TPSA) is 42.3 Å². The Labute approximate surface area is 109 Å². The van der Waals surface area contributed by atoms with E-state index in [1.807, 2.05) is 13.2 Å². The van der Waals surface area contributed by atoms with Gasteiger partial charge >= 0.3 is 0 Å². The maximum atomic E-state index is 5.10. The van der Waals surface area contributed by atoms with Crippen molar-refractivity contribution in [3.8, 4) is 0 Å². The third kappa shape index (κ3) is 3.23. The van der Waals surface area contributed by atoms with E-state index in [4.69, 9.17) is 4.74 Å². The van der Waals surface area contributed by atoms with E-state index in [0.29, 0.717) is 6.04 Å². The Hall–Kier alpha value is -1.07. The van der Waals surface area contributed by atoms with Gasteiger partial charge in [0.05, 0.1) is 0 Å². The molecule has 1 unspecified atom stereocenters. The molecular formula is C13H24N4O. The SMILES string of the molecule is CNC1CCCN(c2nccn2CCCOC)C1. The molecule has 0 aliphatic carbocycles. The van der Waals surface area contributed by atoms with Gasteiger partial charge in [-0.05, 0) is 26.3 Å². The summed E-state index contributed by atoms with van der Waals surface area (Å²) >= 11 is 0. The number of nitrogens with one attached hydrogen (secondary N) is 1. The molecule has 5 nitrogen and oxygen atoms in total. The number of hydrogen-bond acceptors (Lipinski definition) is 4. The van der Waals surface area contributed by atoms with Crippen LogP contribution >= 0.6 is 0 Å². The first-order chi connectivity index (χ1) is 8.85. The van der Waals surface area contributed by atoms with Gasteiger partial charge in [-0.15, -0.1) is 0 Å². The van der Waals surface area contributed by atoms with Crippen LogP contribution in [0.3, 0.4) is 0 Å². The summed E-state index contributed by atoms with van der Waals surface area (Å²) in [5.41, 5.74) is 0. The zero-order valence-electron chi connectivity index (χ0n) is 11.4. The fourth-order valence-corrected chi connectivity index (χ4v) is 2.53. The summed E-state index contributed by atoms with van der Waals surface area (Å²) < 4.78 is 7.34. The lowest BCUT2D eigenvalue weighted by Crippen LogP contribution is -2.45. The molecule has 1 atom stereocenters. The van der Waals surface area contributed by atoms with Gasteiger partial charge in [0, 0.05) is 51.8 Å². The Morgan fingerprint density at radius 1 is 1.56 bits per heavy atom. The van der Waals surface area contributed by atoms with Gasteiger partial charge in [-0.2, -0.15) is 0 Å². The average Bonchev–Trinajstić information content (AvgIpc) is 2.87. The van der Waals surface area contributed by atoms with Crippen molar-refractivity contribution in [1.29, 1.82) is 0 Å². The summed E-state index contributed by atoms with van der Waals surface area (Å²) in [5.74, 6) is 1.10. The van der Waals surface area contributed by atoms with Crippen LogP contribution in [-0.2, 0) is 11.3 Å². The van der Waals surface area contributed by atoms with Crippen LogP contribution in [0, 0.1) is 0 Å². The van der Waals surface area contributed by atoms with Crippen molar-refractivity contribution >= 4 is 5.95 Å². The number of methoxy groups -OCH3 is 1. The number of nitrogens with zero attached hydrogens (tertiary/aromatic N) is 3. The van der Waals surface area contributed by atoms with Crippen molar-refractivity contribution in [2.24, 2.45) is 0 Å². The molecule has 18 heavy (non-hydrogen) atoms. The second-order valence-electron chi connectivity index (χ2n) is 4.84. The number of likely N-dealkylation sites (N-methyl/N-ethyl adjacent to an activating group) is 1. The smallest absolute Gasteiger partial charge is 0.205 e.